The Balaban J connectivity index is 1.92. The number of hydrogen-bond donors (Lipinski definition) is 1. The zero-order valence-electron chi connectivity index (χ0n) is 10.9. The fraction of sp³-hybridized carbons (Fsp3) is 0.231. The molecular formula is C13H11NO6S. The van der Waals surface area contributed by atoms with E-state index >= 15 is 0 Å². The molecule has 7 nitrogen and oxygen atoms in total. The number of rotatable bonds is 4. The van der Waals surface area contributed by atoms with E-state index < -0.39 is 11.0 Å². The highest BCUT2D eigenvalue weighted by atomic mass is 32.1. The molecule has 21 heavy (non-hydrogen) atoms. The normalized spacial score (nSPS) is 14.0. The van der Waals surface area contributed by atoms with Crippen LogP contribution in [0, 0.1) is 10.1 Å². The molecular weight excluding hydrogens is 298 g/mol. The van der Waals surface area contributed by atoms with E-state index in [1.54, 1.807) is 25.1 Å². The second-order valence-electron chi connectivity index (χ2n) is 4.37. The lowest BCUT2D eigenvalue weighted by Gasteiger charge is -2.04. The molecule has 2 aromatic rings. The van der Waals surface area contributed by atoms with Crippen molar-refractivity contribution < 1.29 is 24.2 Å². The van der Waals surface area contributed by atoms with Crippen molar-refractivity contribution in [3.8, 4) is 22.3 Å². The van der Waals surface area contributed by atoms with Crippen LogP contribution in [0.3, 0.4) is 0 Å². The number of fused-ring (bicyclic) bond motifs is 1. The third-order valence-corrected chi connectivity index (χ3v) is 4.03. The maximum Gasteiger partial charge on any atom is 0.323 e. The van der Waals surface area contributed by atoms with Crippen molar-refractivity contribution in [2.24, 2.45) is 0 Å². The lowest BCUT2D eigenvalue weighted by molar-refractivity contribution is -0.385. The fourth-order valence-corrected chi connectivity index (χ4v) is 2.77. The van der Waals surface area contributed by atoms with Gasteiger partial charge in [0, 0.05) is 17.0 Å². The first-order valence-electron chi connectivity index (χ1n) is 6.08. The average Bonchev–Trinajstić information content (AvgIpc) is 3.04. The molecule has 1 N–H and O–H groups in total. The van der Waals surface area contributed by atoms with Crippen molar-refractivity contribution in [2.75, 3.05) is 6.79 Å². The van der Waals surface area contributed by atoms with E-state index in [-0.39, 0.29) is 17.5 Å². The van der Waals surface area contributed by atoms with Gasteiger partial charge in [0.25, 0.3) is 5.06 Å². The summed E-state index contributed by atoms with van der Waals surface area (Å²) in [6, 6.07) is 6.23. The van der Waals surface area contributed by atoms with Crippen LogP contribution >= 0.6 is 11.3 Å². The molecule has 8 heteroatoms. The summed E-state index contributed by atoms with van der Waals surface area (Å²) in [5.41, 5.74) is -0.173. The van der Waals surface area contributed by atoms with Crippen LogP contribution in [0.1, 0.15) is 17.9 Å². The number of aliphatic hydroxyl groups is 1. The minimum absolute atomic E-state index is 0.120. The number of thiophene rings is 1. The molecule has 1 aromatic carbocycles. The first kappa shape index (κ1) is 13.7. The smallest absolute Gasteiger partial charge is 0.323 e. The van der Waals surface area contributed by atoms with Crippen molar-refractivity contribution in [3.63, 3.8) is 0 Å². The highest BCUT2D eigenvalue weighted by Gasteiger charge is 2.24. The Morgan fingerprint density at radius 2 is 2.14 bits per heavy atom. The summed E-state index contributed by atoms with van der Waals surface area (Å²) >= 11 is 1.04. The summed E-state index contributed by atoms with van der Waals surface area (Å²) in [7, 11) is 0. The molecule has 0 saturated heterocycles. The molecule has 3 rings (SSSR count). The molecule has 0 saturated carbocycles. The summed E-state index contributed by atoms with van der Waals surface area (Å²) in [5.74, 6) is 1.54. The second-order valence-corrected chi connectivity index (χ2v) is 5.42. The molecule has 1 aliphatic rings. The van der Waals surface area contributed by atoms with Crippen LogP contribution in [0.25, 0.3) is 0 Å². The molecule has 2 heterocycles. The van der Waals surface area contributed by atoms with Gasteiger partial charge in [-0.25, -0.2) is 0 Å². The van der Waals surface area contributed by atoms with E-state index in [2.05, 4.69) is 0 Å². The Labute approximate surface area is 123 Å². The molecule has 0 fully saturated rings. The van der Waals surface area contributed by atoms with Crippen molar-refractivity contribution >= 4 is 17.0 Å². The molecule has 0 unspecified atom stereocenters. The molecule has 1 aliphatic heterocycles. The summed E-state index contributed by atoms with van der Waals surface area (Å²) in [6.45, 7) is 1.68. The van der Waals surface area contributed by atoms with E-state index in [1.807, 2.05) is 0 Å². The van der Waals surface area contributed by atoms with Gasteiger partial charge in [0.2, 0.25) is 6.79 Å². The number of ether oxygens (including phenoxy) is 3. The number of benzene rings is 1. The highest BCUT2D eigenvalue weighted by molar-refractivity contribution is 7.14. The van der Waals surface area contributed by atoms with Crippen LogP contribution in [-0.4, -0.2) is 16.8 Å². The van der Waals surface area contributed by atoms with E-state index in [0.717, 1.165) is 11.3 Å². The first-order valence-corrected chi connectivity index (χ1v) is 6.90. The molecule has 1 atom stereocenters. The molecule has 1 aromatic heterocycles. The standard InChI is InChI=1S/C13H11NO6S/c1-7(15)12-5-9(14(16)17)13(21-12)20-8-2-3-10-11(4-8)19-6-18-10/h2-5,7,15H,6H2,1H3/t7-/m1/s1. The van der Waals surface area contributed by atoms with Crippen LogP contribution in [0.2, 0.25) is 0 Å². The Kier molecular flexibility index (Phi) is 3.40. The predicted molar refractivity (Wildman–Crippen MR) is 74.2 cm³/mol. The zero-order valence-corrected chi connectivity index (χ0v) is 11.8. The molecule has 0 spiro atoms. The summed E-state index contributed by atoms with van der Waals surface area (Å²) in [4.78, 5) is 11.0. The van der Waals surface area contributed by atoms with Crippen LogP contribution in [0.4, 0.5) is 5.69 Å². The summed E-state index contributed by atoms with van der Waals surface area (Å²) in [5, 5.41) is 20.7. The van der Waals surface area contributed by atoms with Crippen molar-refractivity contribution in [3.05, 3.63) is 39.3 Å². The van der Waals surface area contributed by atoms with Gasteiger partial charge in [-0.1, -0.05) is 11.3 Å². The van der Waals surface area contributed by atoms with Gasteiger partial charge in [0.15, 0.2) is 11.5 Å². The molecule has 0 radical (unpaired) electrons. The van der Waals surface area contributed by atoms with Gasteiger partial charge in [-0.2, -0.15) is 0 Å². The fourth-order valence-electron chi connectivity index (χ4n) is 1.84. The number of hydrogen-bond acceptors (Lipinski definition) is 7. The molecule has 110 valence electrons. The SMILES string of the molecule is C[C@@H](O)c1cc([N+](=O)[O-])c(Oc2ccc3c(c2)OCO3)s1. The maximum absolute atomic E-state index is 11.0. The minimum Gasteiger partial charge on any atom is -0.454 e. The van der Waals surface area contributed by atoms with E-state index in [1.165, 1.54) is 6.07 Å². The van der Waals surface area contributed by atoms with Crippen molar-refractivity contribution in [1.29, 1.82) is 0 Å². The number of nitro groups is 1. The van der Waals surface area contributed by atoms with E-state index in [4.69, 9.17) is 14.2 Å². The van der Waals surface area contributed by atoms with Crippen LogP contribution < -0.4 is 14.2 Å². The van der Waals surface area contributed by atoms with Gasteiger partial charge in [0.05, 0.1) is 11.0 Å². The Morgan fingerprint density at radius 3 is 2.86 bits per heavy atom. The zero-order chi connectivity index (χ0) is 15.0. The Hall–Kier alpha value is -2.32. The third-order valence-electron chi connectivity index (χ3n) is 2.86. The lowest BCUT2D eigenvalue weighted by atomic mass is 10.3. The van der Waals surface area contributed by atoms with Crippen LogP contribution in [0.15, 0.2) is 24.3 Å². The Bertz CT molecular complexity index is 696. The maximum atomic E-state index is 11.0. The number of aliphatic hydroxyl groups excluding tert-OH is 1. The molecule has 0 bridgehead atoms. The lowest BCUT2D eigenvalue weighted by Crippen LogP contribution is -1.92. The van der Waals surface area contributed by atoms with E-state index in [9.17, 15) is 15.2 Å². The highest BCUT2D eigenvalue weighted by Crippen LogP contribution is 2.43. The topological polar surface area (TPSA) is 91.1 Å². The second kappa shape index (κ2) is 5.23. The van der Waals surface area contributed by atoms with Crippen molar-refractivity contribution in [2.45, 2.75) is 13.0 Å². The summed E-state index contributed by atoms with van der Waals surface area (Å²) < 4.78 is 16.0. The van der Waals surface area contributed by atoms with Gasteiger partial charge < -0.3 is 19.3 Å². The molecule has 0 amide bonds. The Morgan fingerprint density at radius 1 is 1.38 bits per heavy atom. The monoisotopic (exact) mass is 309 g/mol. The van der Waals surface area contributed by atoms with Crippen LogP contribution in [-0.2, 0) is 0 Å². The van der Waals surface area contributed by atoms with Gasteiger partial charge in [-0.05, 0) is 19.1 Å². The predicted octanol–water partition coefficient (Wildman–Crippen LogP) is 3.23. The van der Waals surface area contributed by atoms with Crippen molar-refractivity contribution in [1.82, 2.24) is 0 Å². The van der Waals surface area contributed by atoms with Crippen LogP contribution in [0.5, 0.6) is 22.3 Å². The third kappa shape index (κ3) is 2.63. The first-order chi connectivity index (χ1) is 10.0. The number of nitrogens with zero attached hydrogens (tertiary/aromatic N) is 1. The quantitative estimate of drug-likeness (QED) is 0.688. The summed E-state index contributed by atoms with van der Waals surface area (Å²) in [6.07, 6.45) is -0.789. The molecule has 0 aliphatic carbocycles. The van der Waals surface area contributed by atoms with Gasteiger partial charge >= 0.3 is 5.69 Å². The van der Waals surface area contributed by atoms with Gasteiger partial charge in [-0.3, -0.25) is 10.1 Å². The minimum atomic E-state index is -0.789. The largest absolute Gasteiger partial charge is 0.454 e. The van der Waals surface area contributed by atoms with Gasteiger partial charge in [-0.15, -0.1) is 0 Å². The van der Waals surface area contributed by atoms with E-state index in [0.29, 0.717) is 22.1 Å². The average molecular weight is 309 g/mol. The van der Waals surface area contributed by atoms with Gasteiger partial charge in [0.1, 0.15) is 5.75 Å².